The van der Waals surface area contributed by atoms with Crippen LogP contribution in [0, 0.1) is 5.41 Å². The Labute approximate surface area is 136 Å². The highest BCUT2D eigenvalue weighted by molar-refractivity contribution is 5.79. The van der Waals surface area contributed by atoms with E-state index < -0.39 is 0 Å². The maximum atomic E-state index is 5.57. The molecule has 22 heavy (non-hydrogen) atoms. The molecule has 0 aliphatic carbocycles. The van der Waals surface area contributed by atoms with Gasteiger partial charge in [0.2, 0.25) is 0 Å². The van der Waals surface area contributed by atoms with E-state index in [0.717, 1.165) is 25.6 Å². The Morgan fingerprint density at radius 3 is 2.59 bits per heavy atom. The van der Waals surface area contributed by atoms with Gasteiger partial charge in [0.15, 0.2) is 5.96 Å². The predicted octanol–water partition coefficient (Wildman–Crippen LogP) is 2.09. The van der Waals surface area contributed by atoms with Crippen molar-refractivity contribution in [1.29, 1.82) is 0 Å². The van der Waals surface area contributed by atoms with Gasteiger partial charge in [-0.25, -0.2) is 0 Å². The number of hydrogen-bond donors (Lipinski definition) is 2. The molecule has 5 nitrogen and oxygen atoms in total. The fourth-order valence-corrected chi connectivity index (χ4v) is 2.96. The van der Waals surface area contributed by atoms with E-state index in [2.05, 4.69) is 48.2 Å². The van der Waals surface area contributed by atoms with Crippen molar-refractivity contribution in [3.05, 3.63) is 0 Å². The molecule has 1 aliphatic heterocycles. The SMILES string of the molecule is CN=C(NCCN1CCCCC1C)NCC(OC)C(C)(C)C. The Morgan fingerprint density at radius 1 is 1.32 bits per heavy atom. The van der Waals surface area contributed by atoms with Gasteiger partial charge >= 0.3 is 0 Å². The van der Waals surface area contributed by atoms with Crippen molar-refractivity contribution in [1.82, 2.24) is 15.5 Å². The Balaban J connectivity index is 2.30. The quantitative estimate of drug-likeness (QED) is 0.582. The monoisotopic (exact) mass is 312 g/mol. The number of nitrogens with one attached hydrogen (secondary N) is 2. The standard InChI is InChI=1S/C17H36N4O/c1-14-9-7-8-11-21(14)12-10-19-16(18-5)20-13-15(22-6)17(2,3)4/h14-15H,7-13H2,1-6H3,(H2,18,19,20). The number of hydrogen-bond acceptors (Lipinski definition) is 3. The number of methoxy groups -OCH3 is 1. The van der Waals surface area contributed by atoms with Crippen LogP contribution in [0.1, 0.15) is 47.0 Å². The summed E-state index contributed by atoms with van der Waals surface area (Å²) >= 11 is 0. The molecule has 1 rings (SSSR count). The summed E-state index contributed by atoms with van der Waals surface area (Å²) in [5.41, 5.74) is 0.115. The first kappa shape index (κ1) is 19.2. The van der Waals surface area contributed by atoms with Crippen molar-refractivity contribution in [3.63, 3.8) is 0 Å². The van der Waals surface area contributed by atoms with Crippen LogP contribution in [0.3, 0.4) is 0 Å². The fourth-order valence-electron chi connectivity index (χ4n) is 2.96. The van der Waals surface area contributed by atoms with Gasteiger partial charge in [0, 0.05) is 39.8 Å². The molecule has 0 amide bonds. The minimum atomic E-state index is 0.115. The lowest BCUT2D eigenvalue weighted by Gasteiger charge is -2.33. The van der Waals surface area contributed by atoms with Gasteiger partial charge in [-0.05, 0) is 31.7 Å². The van der Waals surface area contributed by atoms with E-state index in [1.165, 1.54) is 25.8 Å². The molecule has 1 aliphatic rings. The van der Waals surface area contributed by atoms with Crippen LogP contribution in [-0.2, 0) is 4.74 Å². The molecule has 0 spiro atoms. The van der Waals surface area contributed by atoms with Crippen LogP contribution >= 0.6 is 0 Å². The van der Waals surface area contributed by atoms with Crippen LogP contribution in [0.25, 0.3) is 0 Å². The summed E-state index contributed by atoms with van der Waals surface area (Å²) in [5.74, 6) is 0.857. The van der Waals surface area contributed by atoms with Crippen LogP contribution in [-0.4, -0.2) is 63.3 Å². The molecule has 1 fully saturated rings. The first-order valence-electron chi connectivity index (χ1n) is 8.60. The maximum Gasteiger partial charge on any atom is 0.191 e. The van der Waals surface area contributed by atoms with Crippen molar-refractivity contribution >= 4 is 5.96 Å². The Morgan fingerprint density at radius 2 is 2.05 bits per heavy atom. The minimum absolute atomic E-state index is 0.115. The highest BCUT2D eigenvalue weighted by Crippen LogP contribution is 2.20. The molecule has 130 valence electrons. The van der Waals surface area contributed by atoms with E-state index >= 15 is 0 Å². The normalized spacial score (nSPS) is 22.5. The molecule has 0 radical (unpaired) electrons. The molecule has 5 heteroatoms. The Kier molecular flexibility index (Phi) is 8.18. The molecule has 2 N–H and O–H groups in total. The first-order valence-corrected chi connectivity index (χ1v) is 8.60. The van der Waals surface area contributed by atoms with Gasteiger partial charge < -0.3 is 15.4 Å². The van der Waals surface area contributed by atoms with E-state index in [1.54, 1.807) is 7.11 Å². The summed E-state index contributed by atoms with van der Waals surface area (Å²) in [6, 6.07) is 0.712. The lowest BCUT2D eigenvalue weighted by molar-refractivity contribution is 0.0205. The number of aliphatic imine (C=N–C) groups is 1. The van der Waals surface area contributed by atoms with E-state index in [-0.39, 0.29) is 11.5 Å². The van der Waals surface area contributed by atoms with Crippen molar-refractivity contribution in [2.75, 3.05) is 40.3 Å². The Hall–Kier alpha value is -0.810. The number of likely N-dealkylation sites (tertiary alicyclic amines) is 1. The number of guanidine groups is 1. The third kappa shape index (κ3) is 6.53. The molecule has 2 unspecified atom stereocenters. The third-order valence-electron chi connectivity index (χ3n) is 4.56. The second-order valence-electron chi connectivity index (χ2n) is 7.35. The molecule has 0 aromatic heterocycles. The van der Waals surface area contributed by atoms with Crippen molar-refractivity contribution in [3.8, 4) is 0 Å². The van der Waals surface area contributed by atoms with Crippen LogP contribution in [0.4, 0.5) is 0 Å². The summed E-state index contributed by atoms with van der Waals surface area (Å²) in [6.45, 7) is 12.9. The van der Waals surface area contributed by atoms with E-state index in [4.69, 9.17) is 4.74 Å². The van der Waals surface area contributed by atoms with Gasteiger partial charge in [0.25, 0.3) is 0 Å². The zero-order valence-corrected chi connectivity index (χ0v) is 15.4. The minimum Gasteiger partial charge on any atom is -0.379 e. The van der Waals surface area contributed by atoms with Gasteiger partial charge in [0.1, 0.15) is 0 Å². The average Bonchev–Trinajstić information content (AvgIpc) is 2.46. The molecule has 2 atom stereocenters. The zero-order chi connectivity index (χ0) is 16.6. The number of rotatable bonds is 6. The van der Waals surface area contributed by atoms with Crippen molar-refractivity contribution in [2.24, 2.45) is 10.4 Å². The van der Waals surface area contributed by atoms with Crippen LogP contribution < -0.4 is 10.6 Å². The van der Waals surface area contributed by atoms with Gasteiger partial charge in [-0.2, -0.15) is 0 Å². The van der Waals surface area contributed by atoms with Crippen molar-refractivity contribution < 1.29 is 4.74 Å². The maximum absolute atomic E-state index is 5.57. The topological polar surface area (TPSA) is 48.9 Å². The summed E-state index contributed by atoms with van der Waals surface area (Å²) in [6.07, 6.45) is 4.19. The van der Waals surface area contributed by atoms with Crippen LogP contribution in [0.5, 0.6) is 0 Å². The number of piperidine rings is 1. The zero-order valence-electron chi connectivity index (χ0n) is 15.4. The summed E-state index contributed by atoms with van der Waals surface area (Å²) in [5, 5.41) is 6.78. The van der Waals surface area contributed by atoms with E-state index in [9.17, 15) is 0 Å². The Bertz CT molecular complexity index is 338. The molecule has 0 aromatic rings. The molecule has 0 saturated carbocycles. The highest BCUT2D eigenvalue weighted by atomic mass is 16.5. The molecule has 0 bridgehead atoms. The van der Waals surface area contributed by atoms with Crippen molar-refractivity contribution in [2.45, 2.75) is 59.1 Å². The highest BCUT2D eigenvalue weighted by Gasteiger charge is 2.24. The second kappa shape index (κ2) is 9.36. The summed E-state index contributed by atoms with van der Waals surface area (Å²) < 4.78 is 5.57. The first-order chi connectivity index (χ1) is 10.4. The van der Waals surface area contributed by atoms with Gasteiger partial charge in [-0.15, -0.1) is 0 Å². The van der Waals surface area contributed by atoms with Gasteiger partial charge in [-0.1, -0.05) is 27.2 Å². The molecular formula is C17H36N4O. The molecular weight excluding hydrogens is 276 g/mol. The fraction of sp³-hybridized carbons (Fsp3) is 0.941. The van der Waals surface area contributed by atoms with Crippen LogP contribution in [0.2, 0.25) is 0 Å². The largest absolute Gasteiger partial charge is 0.379 e. The van der Waals surface area contributed by atoms with Gasteiger partial charge in [0.05, 0.1) is 6.10 Å². The van der Waals surface area contributed by atoms with E-state index in [0.29, 0.717) is 6.04 Å². The third-order valence-corrected chi connectivity index (χ3v) is 4.56. The lowest BCUT2D eigenvalue weighted by Crippen LogP contribution is -2.48. The van der Waals surface area contributed by atoms with Gasteiger partial charge in [-0.3, -0.25) is 9.89 Å². The second-order valence-corrected chi connectivity index (χ2v) is 7.35. The number of ether oxygens (including phenoxy) is 1. The average molecular weight is 313 g/mol. The van der Waals surface area contributed by atoms with Crippen LogP contribution in [0.15, 0.2) is 4.99 Å². The molecule has 1 saturated heterocycles. The summed E-state index contributed by atoms with van der Waals surface area (Å²) in [4.78, 5) is 6.86. The lowest BCUT2D eigenvalue weighted by atomic mass is 9.89. The smallest absolute Gasteiger partial charge is 0.191 e. The summed E-state index contributed by atoms with van der Waals surface area (Å²) in [7, 11) is 3.59. The molecule has 0 aromatic carbocycles. The van der Waals surface area contributed by atoms with E-state index in [1.807, 2.05) is 7.05 Å². The predicted molar refractivity (Wildman–Crippen MR) is 94.5 cm³/mol. The molecule has 1 heterocycles. The number of nitrogens with zero attached hydrogens (tertiary/aromatic N) is 2.